The van der Waals surface area contributed by atoms with E-state index in [0.29, 0.717) is 12.4 Å². The van der Waals surface area contributed by atoms with E-state index in [9.17, 15) is 4.21 Å². The maximum atomic E-state index is 11.8. The fourth-order valence-corrected chi connectivity index (χ4v) is 2.61. The molecule has 2 unspecified atom stereocenters. The summed E-state index contributed by atoms with van der Waals surface area (Å²) in [6, 6.07) is 17.1. The molecule has 0 aliphatic carbocycles. The maximum absolute atomic E-state index is 11.8. The van der Waals surface area contributed by atoms with Gasteiger partial charge in [0.2, 0.25) is 0 Å². The molecule has 2 atom stereocenters. The molecule has 0 N–H and O–H groups in total. The maximum Gasteiger partial charge on any atom is 0.360 e. The molecule has 1 heterocycles. The Morgan fingerprint density at radius 2 is 1.81 bits per heavy atom. The van der Waals surface area contributed by atoms with E-state index >= 15 is 0 Å². The summed E-state index contributed by atoms with van der Waals surface area (Å²) >= 11 is -1.84. The van der Waals surface area contributed by atoms with E-state index in [0.717, 1.165) is 11.1 Å². The van der Waals surface area contributed by atoms with Crippen LogP contribution in [0.1, 0.15) is 11.1 Å². The number of benzene rings is 2. The fraction of sp³-hybridized carbons (Fsp3) is 0.250. The van der Waals surface area contributed by atoms with Gasteiger partial charge in [-0.05, 0) is 24.6 Å². The molecular formula is C16H16O4S. The van der Waals surface area contributed by atoms with Crippen molar-refractivity contribution in [1.29, 1.82) is 0 Å². The normalized spacial score (nSPS) is 21.8. The van der Waals surface area contributed by atoms with Gasteiger partial charge < -0.3 is 8.92 Å². The van der Waals surface area contributed by atoms with Gasteiger partial charge in [0, 0.05) is 0 Å². The van der Waals surface area contributed by atoms with Gasteiger partial charge in [0.15, 0.2) is 0 Å². The fourth-order valence-electron chi connectivity index (χ4n) is 2.00. The zero-order valence-corrected chi connectivity index (χ0v) is 12.5. The third-order valence-corrected chi connectivity index (χ3v) is 4.01. The molecule has 1 fully saturated rings. The summed E-state index contributed by atoms with van der Waals surface area (Å²) in [4.78, 5) is 0. The Hall–Kier alpha value is -1.69. The van der Waals surface area contributed by atoms with Crippen molar-refractivity contribution in [3.8, 4) is 5.75 Å². The minimum absolute atomic E-state index is 0.204. The van der Waals surface area contributed by atoms with Gasteiger partial charge in [-0.15, -0.1) is 0 Å². The zero-order chi connectivity index (χ0) is 14.7. The van der Waals surface area contributed by atoms with E-state index in [1.54, 1.807) is 12.1 Å². The first-order chi connectivity index (χ1) is 10.2. The van der Waals surface area contributed by atoms with Gasteiger partial charge in [-0.3, -0.25) is 4.18 Å². The van der Waals surface area contributed by atoms with Crippen LogP contribution in [-0.2, 0) is 25.9 Å². The summed E-state index contributed by atoms with van der Waals surface area (Å²) in [6.07, 6.45) is 0. The van der Waals surface area contributed by atoms with Crippen LogP contribution in [0.25, 0.3) is 0 Å². The monoisotopic (exact) mass is 304 g/mol. The van der Waals surface area contributed by atoms with E-state index in [2.05, 4.69) is 0 Å². The van der Waals surface area contributed by atoms with Crippen molar-refractivity contribution in [2.45, 2.75) is 12.5 Å². The lowest BCUT2D eigenvalue weighted by atomic mass is 10.0. The number of ether oxygens (including phenoxy) is 1. The average Bonchev–Trinajstić information content (AvgIpc) is 3.30. The number of rotatable bonds is 6. The van der Waals surface area contributed by atoms with E-state index < -0.39 is 17.0 Å². The standard InChI is InChI=1S/C16H16O4S/c1-13-7-9-15(10-8-13)20-21(17)19-12-16(11-18-16)14-5-3-2-4-6-14/h2-10H,11-12H2,1H3. The second-order valence-corrected chi connectivity index (χ2v) is 5.82. The van der Waals surface area contributed by atoms with E-state index in [1.807, 2.05) is 49.4 Å². The van der Waals surface area contributed by atoms with Crippen LogP contribution in [0.4, 0.5) is 0 Å². The van der Waals surface area contributed by atoms with Crippen molar-refractivity contribution in [3.63, 3.8) is 0 Å². The Kier molecular flexibility index (Phi) is 4.05. The predicted molar refractivity (Wildman–Crippen MR) is 80.0 cm³/mol. The summed E-state index contributed by atoms with van der Waals surface area (Å²) in [6.45, 7) is 2.75. The summed E-state index contributed by atoms with van der Waals surface area (Å²) < 4.78 is 27.8. The number of hydrogen-bond acceptors (Lipinski definition) is 4. The highest BCUT2D eigenvalue weighted by Crippen LogP contribution is 2.39. The lowest BCUT2D eigenvalue weighted by molar-refractivity contribution is 0.192. The first-order valence-electron chi connectivity index (χ1n) is 6.67. The predicted octanol–water partition coefficient (Wildman–Crippen LogP) is 2.89. The number of aryl methyl sites for hydroxylation is 1. The van der Waals surface area contributed by atoms with Crippen molar-refractivity contribution in [2.75, 3.05) is 13.2 Å². The first-order valence-corrected chi connectivity index (χ1v) is 7.67. The molecule has 5 heteroatoms. The van der Waals surface area contributed by atoms with Crippen molar-refractivity contribution in [2.24, 2.45) is 0 Å². The second-order valence-electron chi connectivity index (χ2n) is 5.01. The van der Waals surface area contributed by atoms with Crippen LogP contribution < -0.4 is 4.18 Å². The lowest BCUT2D eigenvalue weighted by Gasteiger charge is -2.12. The first kappa shape index (κ1) is 14.3. The summed E-state index contributed by atoms with van der Waals surface area (Å²) in [5.41, 5.74) is 1.66. The molecule has 21 heavy (non-hydrogen) atoms. The molecule has 1 aliphatic rings. The summed E-state index contributed by atoms with van der Waals surface area (Å²) in [5, 5.41) is 0. The van der Waals surface area contributed by atoms with Crippen LogP contribution >= 0.6 is 0 Å². The summed E-state index contributed by atoms with van der Waals surface area (Å²) in [7, 11) is 0. The molecule has 2 aromatic carbocycles. The molecule has 0 aromatic heterocycles. The largest absolute Gasteiger partial charge is 0.380 e. The van der Waals surface area contributed by atoms with Crippen LogP contribution in [0.5, 0.6) is 5.75 Å². The Morgan fingerprint density at radius 3 is 2.43 bits per heavy atom. The average molecular weight is 304 g/mol. The topological polar surface area (TPSA) is 48.1 Å². The molecule has 110 valence electrons. The number of epoxide rings is 1. The van der Waals surface area contributed by atoms with Gasteiger partial charge in [-0.1, -0.05) is 48.0 Å². The van der Waals surface area contributed by atoms with Gasteiger partial charge in [0.25, 0.3) is 0 Å². The molecule has 2 aromatic rings. The van der Waals surface area contributed by atoms with Crippen LogP contribution in [0.15, 0.2) is 54.6 Å². The minimum atomic E-state index is -1.84. The molecule has 0 bridgehead atoms. The Labute approximate surface area is 126 Å². The smallest absolute Gasteiger partial charge is 0.360 e. The van der Waals surface area contributed by atoms with Crippen LogP contribution in [0.3, 0.4) is 0 Å². The van der Waals surface area contributed by atoms with Gasteiger partial charge >= 0.3 is 11.4 Å². The molecule has 1 saturated heterocycles. The Morgan fingerprint density at radius 1 is 1.14 bits per heavy atom. The molecule has 0 saturated carbocycles. The third kappa shape index (κ3) is 3.50. The molecule has 0 amide bonds. The molecule has 0 spiro atoms. The Bertz CT molecular complexity index is 620. The quantitative estimate of drug-likeness (QED) is 0.770. The molecule has 3 rings (SSSR count). The number of hydrogen-bond donors (Lipinski definition) is 0. The van der Waals surface area contributed by atoms with Crippen molar-refractivity contribution in [1.82, 2.24) is 0 Å². The lowest BCUT2D eigenvalue weighted by Crippen LogP contribution is -2.19. The van der Waals surface area contributed by atoms with Crippen molar-refractivity contribution < 1.29 is 17.3 Å². The van der Waals surface area contributed by atoms with Gasteiger partial charge in [0.1, 0.15) is 18.0 Å². The van der Waals surface area contributed by atoms with E-state index in [4.69, 9.17) is 13.1 Å². The van der Waals surface area contributed by atoms with Crippen LogP contribution in [-0.4, -0.2) is 17.4 Å². The molecule has 0 radical (unpaired) electrons. The van der Waals surface area contributed by atoms with Crippen LogP contribution in [0.2, 0.25) is 0 Å². The Balaban J connectivity index is 1.56. The minimum Gasteiger partial charge on any atom is -0.380 e. The molecule has 4 nitrogen and oxygen atoms in total. The van der Waals surface area contributed by atoms with Crippen molar-refractivity contribution in [3.05, 3.63) is 65.7 Å². The van der Waals surface area contributed by atoms with E-state index in [1.165, 1.54) is 0 Å². The third-order valence-electron chi connectivity index (χ3n) is 3.37. The molecule has 1 aliphatic heterocycles. The van der Waals surface area contributed by atoms with E-state index in [-0.39, 0.29) is 6.61 Å². The molecular weight excluding hydrogens is 288 g/mol. The zero-order valence-electron chi connectivity index (χ0n) is 11.7. The highest BCUT2D eigenvalue weighted by atomic mass is 32.2. The summed E-state index contributed by atoms with van der Waals surface area (Å²) in [5.74, 6) is 0.518. The second kappa shape index (κ2) is 5.97. The highest BCUT2D eigenvalue weighted by molar-refractivity contribution is 7.75. The van der Waals surface area contributed by atoms with Crippen LogP contribution in [0, 0.1) is 6.92 Å². The van der Waals surface area contributed by atoms with Gasteiger partial charge in [-0.25, -0.2) is 0 Å². The van der Waals surface area contributed by atoms with Gasteiger partial charge in [0.05, 0.1) is 6.61 Å². The highest BCUT2D eigenvalue weighted by Gasteiger charge is 2.47. The SMILES string of the molecule is Cc1ccc(OS(=O)OCC2(c3ccccc3)CO2)cc1. The van der Waals surface area contributed by atoms with Gasteiger partial charge in [-0.2, -0.15) is 4.21 Å². The van der Waals surface area contributed by atoms with Crippen molar-refractivity contribution >= 4 is 11.4 Å².